The molecule has 15 heavy (non-hydrogen) atoms. The zero-order valence-corrected chi connectivity index (χ0v) is 12.1. The summed E-state index contributed by atoms with van der Waals surface area (Å²) in [4.78, 5) is 0. The van der Waals surface area contributed by atoms with Crippen LogP contribution in [0.25, 0.3) is 0 Å². The van der Waals surface area contributed by atoms with Crippen molar-refractivity contribution in [3.63, 3.8) is 0 Å². The third-order valence-electron chi connectivity index (χ3n) is 2.71. The van der Waals surface area contributed by atoms with E-state index >= 15 is 0 Å². The third-order valence-corrected chi connectivity index (χ3v) is 7.18. The van der Waals surface area contributed by atoms with Crippen LogP contribution in [0.5, 0.6) is 0 Å². The van der Waals surface area contributed by atoms with Crippen LogP contribution in [-0.4, -0.2) is 25.6 Å². The van der Waals surface area contributed by atoms with E-state index in [1.165, 1.54) is 0 Å². The van der Waals surface area contributed by atoms with Gasteiger partial charge in [-0.2, -0.15) is 0 Å². The van der Waals surface area contributed by atoms with Gasteiger partial charge in [-0.1, -0.05) is 32.6 Å². The van der Waals surface area contributed by atoms with Crippen LogP contribution in [0.15, 0.2) is 0 Å². The van der Waals surface area contributed by atoms with Crippen LogP contribution in [0.2, 0.25) is 18.1 Å². The molecule has 0 saturated carbocycles. The first-order valence-electron chi connectivity index (χ1n) is 5.32. The van der Waals surface area contributed by atoms with Gasteiger partial charge in [-0.05, 0) is 32.0 Å². The van der Waals surface area contributed by atoms with Crippen molar-refractivity contribution in [2.75, 3.05) is 6.61 Å². The Morgan fingerprint density at radius 2 is 1.60 bits per heavy atom. The van der Waals surface area contributed by atoms with Gasteiger partial charge < -0.3 is 9.53 Å². The summed E-state index contributed by atoms with van der Waals surface area (Å²) in [5.41, 5.74) is -0.920. The fourth-order valence-electron chi connectivity index (χ4n) is 0.685. The van der Waals surface area contributed by atoms with Gasteiger partial charge in [-0.15, -0.1) is 0 Å². The van der Waals surface area contributed by atoms with E-state index in [9.17, 15) is 5.11 Å². The molecule has 0 aromatic heterocycles. The fraction of sp³-hybridized carbons (Fsp3) is 0.833. The molecule has 3 heteroatoms. The monoisotopic (exact) mass is 228 g/mol. The van der Waals surface area contributed by atoms with Gasteiger partial charge in [0.15, 0.2) is 8.32 Å². The van der Waals surface area contributed by atoms with E-state index < -0.39 is 13.9 Å². The highest BCUT2D eigenvalue weighted by molar-refractivity contribution is 6.74. The minimum atomic E-state index is -1.69. The Balaban J connectivity index is 4.23. The fourth-order valence-corrected chi connectivity index (χ4v) is 1.55. The second-order valence-electron chi connectivity index (χ2n) is 5.91. The number of rotatable bonds is 2. The van der Waals surface area contributed by atoms with Crippen molar-refractivity contribution in [3.05, 3.63) is 0 Å². The molecule has 0 aliphatic heterocycles. The lowest BCUT2D eigenvalue weighted by Gasteiger charge is -2.35. The van der Waals surface area contributed by atoms with E-state index in [4.69, 9.17) is 4.43 Å². The topological polar surface area (TPSA) is 29.5 Å². The second-order valence-corrected chi connectivity index (χ2v) is 10.7. The molecule has 88 valence electrons. The molecular formula is C12H24O2Si. The van der Waals surface area contributed by atoms with Gasteiger partial charge in [-0.3, -0.25) is 0 Å². The molecule has 0 aromatic carbocycles. The summed E-state index contributed by atoms with van der Waals surface area (Å²) in [5, 5.41) is 9.60. The van der Waals surface area contributed by atoms with Crippen molar-refractivity contribution >= 4 is 8.32 Å². The third kappa shape index (κ3) is 5.98. The molecule has 0 rings (SSSR count). The lowest BCUT2D eigenvalue weighted by atomic mass is 10.1. The largest absolute Gasteiger partial charge is 0.406 e. The van der Waals surface area contributed by atoms with E-state index in [0.29, 0.717) is 6.61 Å². The van der Waals surface area contributed by atoms with Gasteiger partial charge in [0, 0.05) is 0 Å². The minimum Gasteiger partial charge on any atom is -0.406 e. The van der Waals surface area contributed by atoms with Gasteiger partial charge in [0.1, 0.15) is 5.60 Å². The van der Waals surface area contributed by atoms with Crippen LogP contribution in [-0.2, 0) is 4.43 Å². The molecule has 0 heterocycles. The molecule has 0 aliphatic carbocycles. The number of hydrogen-bond acceptors (Lipinski definition) is 2. The Bertz CT molecular complexity index is 258. The molecule has 0 bridgehead atoms. The summed E-state index contributed by atoms with van der Waals surface area (Å²) < 4.78 is 5.84. The molecule has 0 amide bonds. The molecular weight excluding hydrogens is 204 g/mol. The first-order chi connectivity index (χ1) is 6.46. The van der Waals surface area contributed by atoms with E-state index in [1.54, 1.807) is 13.8 Å². The van der Waals surface area contributed by atoms with Crippen LogP contribution in [0.3, 0.4) is 0 Å². The van der Waals surface area contributed by atoms with Gasteiger partial charge in [0.05, 0.1) is 6.61 Å². The average Bonchev–Trinajstić information content (AvgIpc) is 1.94. The quantitative estimate of drug-likeness (QED) is 0.582. The molecule has 0 fully saturated rings. The Morgan fingerprint density at radius 3 is 1.93 bits per heavy atom. The van der Waals surface area contributed by atoms with Crippen LogP contribution in [0.1, 0.15) is 34.6 Å². The van der Waals surface area contributed by atoms with Crippen molar-refractivity contribution < 1.29 is 9.53 Å². The molecule has 0 saturated heterocycles. The van der Waals surface area contributed by atoms with Crippen molar-refractivity contribution in [3.8, 4) is 11.8 Å². The lowest BCUT2D eigenvalue weighted by molar-refractivity contribution is 0.143. The highest BCUT2D eigenvalue weighted by atomic mass is 28.4. The highest BCUT2D eigenvalue weighted by Gasteiger charge is 2.36. The second kappa shape index (κ2) is 4.69. The van der Waals surface area contributed by atoms with Gasteiger partial charge in [0.2, 0.25) is 0 Å². The standard InChI is InChI=1S/C12H24O2Si/c1-11(2,3)15(6,7)14-10-8-9-12(4,5)13/h13H,10H2,1-7H3. The number of hydrogen-bond donors (Lipinski definition) is 1. The molecule has 0 spiro atoms. The Labute approximate surface area is 95.2 Å². The van der Waals surface area contributed by atoms with E-state index in [2.05, 4.69) is 45.7 Å². The van der Waals surface area contributed by atoms with Crippen LogP contribution in [0.4, 0.5) is 0 Å². The van der Waals surface area contributed by atoms with Gasteiger partial charge in [-0.25, -0.2) is 0 Å². The highest BCUT2D eigenvalue weighted by Crippen LogP contribution is 2.36. The first kappa shape index (κ1) is 14.7. The van der Waals surface area contributed by atoms with Crippen molar-refractivity contribution in [2.24, 2.45) is 0 Å². The summed E-state index contributed by atoms with van der Waals surface area (Å²) >= 11 is 0. The Hall–Kier alpha value is -0.303. The van der Waals surface area contributed by atoms with E-state index in [1.807, 2.05) is 0 Å². The molecule has 0 radical (unpaired) electrons. The Morgan fingerprint density at radius 1 is 1.13 bits per heavy atom. The van der Waals surface area contributed by atoms with E-state index in [0.717, 1.165) is 0 Å². The van der Waals surface area contributed by atoms with Crippen LogP contribution >= 0.6 is 0 Å². The summed E-state index contributed by atoms with van der Waals surface area (Å²) in [7, 11) is -1.69. The van der Waals surface area contributed by atoms with Crippen LogP contribution in [0, 0.1) is 11.8 Å². The summed E-state index contributed by atoms with van der Waals surface area (Å²) in [6.07, 6.45) is 0. The number of aliphatic hydroxyl groups is 1. The van der Waals surface area contributed by atoms with Crippen molar-refractivity contribution in [1.82, 2.24) is 0 Å². The summed E-state index contributed by atoms with van der Waals surface area (Å²) in [6.45, 7) is 14.7. The Kier molecular flexibility index (Phi) is 4.60. The summed E-state index contributed by atoms with van der Waals surface area (Å²) in [5.74, 6) is 5.61. The maximum Gasteiger partial charge on any atom is 0.193 e. The first-order valence-corrected chi connectivity index (χ1v) is 8.23. The average molecular weight is 228 g/mol. The maximum absolute atomic E-state index is 9.39. The summed E-state index contributed by atoms with van der Waals surface area (Å²) in [6, 6.07) is 0. The maximum atomic E-state index is 9.39. The molecule has 1 N–H and O–H groups in total. The molecule has 0 aromatic rings. The van der Waals surface area contributed by atoms with Gasteiger partial charge in [0.25, 0.3) is 0 Å². The predicted molar refractivity (Wildman–Crippen MR) is 67.2 cm³/mol. The van der Waals surface area contributed by atoms with Crippen molar-refractivity contribution in [2.45, 2.75) is 58.4 Å². The van der Waals surface area contributed by atoms with Gasteiger partial charge >= 0.3 is 0 Å². The minimum absolute atomic E-state index is 0.212. The SMILES string of the molecule is CC(C)(O)C#CCO[Si](C)(C)C(C)(C)C. The smallest absolute Gasteiger partial charge is 0.193 e. The van der Waals surface area contributed by atoms with Crippen molar-refractivity contribution in [1.29, 1.82) is 0 Å². The normalized spacial score (nSPS) is 13.3. The molecule has 0 atom stereocenters. The molecule has 0 unspecified atom stereocenters. The molecule has 2 nitrogen and oxygen atoms in total. The van der Waals surface area contributed by atoms with E-state index in [-0.39, 0.29) is 5.04 Å². The molecule has 0 aliphatic rings. The van der Waals surface area contributed by atoms with Crippen LogP contribution < -0.4 is 0 Å². The predicted octanol–water partition coefficient (Wildman–Crippen LogP) is 2.78. The lowest BCUT2D eigenvalue weighted by Crippen LogP contribution is -2.40. The zero-order chi connectivity index (χ0) is 12.3. The zero-order valence-electron chi connectivity index (χ0n) is 11.1.